The molecule has 1 aromatic carbocycles. The molecular weight excluding hydrogens is 191 g/mol. The second-order valence-electron chi connectivity index (χ2n) is 2.78. The molecule has 0 amide bonds. The van der Waals surface area contributed by atoms with Crippen molar-refractivity contribution in [3.05, 3.63) is 29.3 Å². The first-order valence-electron chi connectivity index (χ1n) is 3.70. The quantitative estimate of drug-likeness (QED) is 0.728. The van der Waals surface area contributed by atoms with Gasteiger partial charge in [0.1, 0.15) is 5.75 Å². The van der Waals surface area contributed by atoms with Gasteiger partial charge in [-0.1, -0.05) is 18.2 Å². The molecule has 13 heavy (non-hydrogen) atoms. The maximum absolute atomic E-state index is 10.5. The second-order valence-corrected chi connectivity index (χ2v) is 3.90. The van der Waals surface area contributed by atoms with Crippen molar-refractivity contribution in [3.63, 3.8) is 0 Å². The predicted molar refractivity (Wildman–Crippen MR) is 46.4 cm³/mol. The number of benzene rings is 1. The Morgan fingerprint density at radius 3 is 2.23 bits per heavy atom. The maximum atomic E-state index is 10.5. The lowest BCUT2D eigenvalue weighted by Crippen LogP contribution is -2.07. The van der Waals surface area contributed by atoms with Gasteiger partial charge in [-0.25, -0.2) is 0 Å². The van der Waals surface area contributed by atoms with Gasteiger partial charge in [-0.05, 0) is 25.0 Å². The Balaban J connectivity index is 3.07. The Bertz CT molecular complexity index is 335. The van der Waals surface area contributed by atoms with Gasteiger partial charge >= 0.3 is 7.82 Å². The molecule has 0 aliphatic carbocycles. The summed E-state index contributed by atoms with van der Waals surface area (Å²) in [5.74, 6) is 0.198. The average molecular weight is 201 g/mol. The number of aryl methyl sites for hydroxylation is 2. The van der Waals surface area contributed by atoms with Crippen molar-refractivity contribution in [2.75, 3.05) is 0 Å². The zero-order chi connectivity index (χ0) is 10.1. The molecule has 1 rings (SSSR count). The van der Waals surface area contributed by atoms with E-state index in [-0.39, 0.29) is 5.75 Å². The van der Waals surface area contributed by atoms with Crippen LogP contribution in [0.2, 0.25) is 0 Å². The van der Waals surface area contributed by atoms with Gasteiger partial charge in [-0.3, -0.25) is 4.57 Å². The Kier molecular flexibility index (Phi) is 2.76. The lowest BCUT2D eigenvalue weighted by Gasteiger charge is -2.19. The third-order valence-corrected chi connectivity index (χ3v) is 2.03. The van der Waals surface area contributed by atoms with E-state index in [1.54, 1.807) is 32.0 Å². The van der Waals surface area contributed by atoms with Crippen molar-refractivity contribution in [1.29, 1.82) is 0 Å². The third-order valence-electron chi connectivity index (χ3n) is 1.62. The van der Waals surface area contributed by atoms with Crippen LogP contribution in [0.25, 0.3) is 0 Å². The van der Waals surface area contributed by atoms with E-state index in [0.717, 1.165) is 0 Å². The molecule has 0 radical (unpaired) electrons. The van der Waals surface area contributed by atoms with E-state index in [4.69, 9.17) is 4.89 Å². The van der Waals surface area contributed by atoms with E-state index in [0.29, 0.717) is 11.1 Å². The van der Waals surface area contributed by atoms with E-state index in [1.807, 2.05) is 0 Å². The number of rotatable bonds is 2. The van der Waals surface area contributed by atoms with Crippen LogP contribution in [0.5, 0.6) is 5.75 Å². The summed E-state index contributed by atoms with van der Waals surface area (Å²) in [6, 6.07) is 5.20. The van der Waals surface area contributed by atoms with Gasteiger partial charge in [0.15, 0.2) is 0 Å². The lowest BCUT2D eigenvalue weighted by atomic mass is 10.1. The summed E-state index contributed by atoms with van der Waals surface area (Å²) in [5.41, 5.74) is 1.34. The molecule has 0 fully saturated rings. The van der Waals surface area contributed by atoms with Crippen molar-refractivity contribution in [1.82, 2.24) is 0 Å². The molecule has 5 heteroatoms. The first kappa shape index (κ1) is 10.3. The number of hydrogen-bond donors (Lipinski definition) is 1. The molecule has 0 aliphatic heterocycles. The van der Waals surface area contributed by atoms with Crippen LogP contribution in [0.1, 0.15) is 11.1 Å². The SMILES string of the molecule is Cc1cccc(C)c1OP(=O)([O-])O. The number of phosphoric acid groups is 1. The van der Waals surface area contributed by atoms with E-state index in [2.05, 4.69) is 4.52 Å². The average Bonchev–Trinajstić information content (AvgIpc) is 1.95. The van der Waals surface area contributed by atoms with Gasteiger partial charge < -0.3 is 14.3 Å². The molecule has 0 saturated heterocycles. The van der Waals surface area contributed by atoms with Crippen molar-refractivity contribution in [2.45, 2.75) is 13.8 Å². The maximum Gasteiger partial charge on any atom is 0.317 e. The molecule has 0 heterocycles. The van der Waals surface area contributed by atoms with Crippen molar-refractivity contribution < 1.29 is 18.9 Å². The van der Waals surface area contributed by atoms with Crippen molar-refractivity contribution >= 4 is 7.82 Å². The summed E-state index contributed by atoms with van der Waals surface area (Å²) in [6.45, 7) is 3.41. The topological polar surface area (TPSA) is 69.6 Å². The molecule has 1 N–H and O–H groups in total. The highest BCUT2D eigenvalue weighted by molar-refractivity contribution is 7.45. The number of para-hydroxylation sites is 1. The normalized spacial score (nSPS) is 15.1. The first-order valence-corrected chi connectivity index (χ1v) is 5.19. The zero-order valence-corrected chi connectivity index (χ0v) is 8.25. The van der Waals surface area contributed by atoms with Crippen LogP contribution in [0, 0.1) is 13.8 Å². The predicted octanol–water partition coefficient (Wildman–Crippen LogP) is 1.14. The Labute approximate surface area is 76.4 Å². The summed E-state index contributed by atoms with van der Waals surface area (Å²) >= 11 is 0. The molecule has 0 aliphatic rings. The minimum absolute atomic E-state index is 0.198. The molecule has 0 bridgehead atoms. The van der Waals surface area contributed by atoms with Crippen molar-refractivity contribution in [3.8, 4) is 5.75 Å². The van der Waals surface area contributed by atoms with Gasteiger partial charge in [0.25, 0.3) is 0 Å². The molecule has 1 unspecified atom stereocenters. The molecular formula is C8H10O4P-. The van der Waals surface area contributed by atoms with E-state index in [1.165, 1.54) is 0 Å². The smallest absolute Gasteiger partial charge is 0.317 e. The summed E-state index contributed by atoms with van der Waals surface area (Å²) in [5, 5.41) is 0. The van der Waals surface area contributed by atoms with Crippen LogP contribution in [0.4, 0.5) is 0 Å². The fourth-order valence-electron chi connectivity index (χ4n) is 1.06. The molecule has 1 atom stereocenters. The largest absolute Gasteiger partial charge is 0.746 e. The van der Waals surface area contributed by atoms with E-state index >= 15 is 0 Å². The Morgan fingerprint density at radius 1 is 1.38 bits per heavy atom. The van der Waals surface area contributed by atoms with Crippen LogP contribution in [0.15, 0.2) is 18.2 Å². The van der Waals surface area contributed by atoms with Crippen LogP contribution in [0.3, 0.4) is 0 Å². The van der Waals surface area contributed by atoms with Crippen molar-refractivity contribution in [2.24, 2.45) is 0 Å². The standard InChI is InChI=1S/C8H11O4P/c1-6-4-3-5-7(2)8(6)12-13(9,10)11/h3-5H,1-2H3,(H2,9,10,11)/p-1. The highest BCUT2D eigenvalue weighted by atomic mass is 31.2. The van der Waals surface area contributed by atoms with Gasteiger partial charge in [0, 0.05) is 0 Å². The molecule has 0 aromatic heterocycles. The highest BCUT2D eigenvalue weighted by Crippen LogP contribution is 2.36. The van der Waals surface area contributed by atoms with E-state index < -0.39 is 7.82 Å². The summed E-state index contributed by atoms with van der Waals surface area (Å²) in [6.07, 6.45) is 0. The minimum atomic E-state index is -4.69. The minimum Gasteiger partial charge on any atom is -0.746 e. The molecule has 4 nitrogen and oxygen atoms in total. The third kappa shape index (κ3) is 2.84. The number of phosphoric ester groups is 1. The number of hydrogen-bond acceptors (Lipinski definition) is 3. The summed E-state index contributed by atoms with van der Waals surface area (Å²) in [4.78, 5) is 19.0. The lowest BCUT2D eigenvalue weighted by molar-refractivity contribution is -0.211. The fourth-order valence-corrected chi connectivity index (χ4v) is 1.58. The molecule has 0 saturated carbocycles. The van der Waals surface area contributed by atoms with Gasteiger partial charge in [0.05, 0.1) is 0 Å². The monoisotopic (exact) mass is 201 g/mol. The molecule has 72 valence electrons. The second kappa shape index (κ2) is 3.50. The van der Waals surface area contributed by atoms with Crippen LogP contribution in [-0.4, -0.2) is 4.89 Å². The summed E-state index contributed by atoms with van der Waals surface area (Å²) < 4.78 is 14.9. The highest BCUT2D eigenvalue weighted by Gasteiger charge is 2.09. The van der Waals surface area contributed by atoms with Crippen LogP contribution >= 0.6 is 7.82 Å². The van der Waals surface area contributed by atoms with E-state index in [9.17, 15) is 9.46 Å². The molecule has 0 spiro atoms. The Hall–Kier alpha value is -0.830. The fraction of sp³-hybridized carbons (Fsp3) is 0.250. The van der Waals surface area contributed by atoms with Gasteiger partial charge in [0.2, 0.25) is 0 Å². The molecule has 1 aromatic rings. The Morgan fingerprint density at radius 2 is 1.85 bits per heavy atom. The van der Waals surface area contributed by atoms with Gasteiger partial charge in [-0.2, -0.15) is 0 Å². The van der Waals surface area contributed by atoms with Crippen LogP contribution < -0.4 is 9.42 Å². The van der Waals surface area contributed by atoms with Gasteiger partial charge in [-0.15, -0.1) is 0 Å². The van der Waals surface area contributed by atoms with Crippen LogP contribution in [-0.2, 0) is 4.57 Å². The zero-order valence-electron chi connectivity index (χ0n) is 7.35. The first-order chi connectivity index (χ1) is 5.90. The summed E-state index contributed by atoms with van der Waals surface area (Å²) in [7, 11) is -4.69.